The molecule has 270 valence electrons. The second-order valence-electron chi connectivity index (χ2n) is 13.4. The van der Waals surface area contributed by atoms with E-state index in [4.69, 9.17) is 18.9 Å². The number of aliphatic hydroxyl groups is 1. The van der Waals surface area contributed by atoms with Crippen molar-refractivity contribution < 1.29 is 43.2 Å². The van der Waals surface area contributed by atoms with Crippen molar-refractivity contribution in [2.24, 2.45) is 5.92 Å². The molecule has 13 heteroatoms. The number of hydrogen-bond donors (Lipinski definition) is 2. The fourth-order valence-corrected chi connectivity index (χ4v) is 6.49. The van der Waals surface area contributed by atoms with Crippen molar-refractivity contribution in [3.8, 4) is 0 Å². The number of epoxide rings is 1. The number of hydrogen-bond acceptors (Lipinski definition) is 10. The zero-order chi connectivity index (χ0) is 35.6. The highest BCUT2D eigenvalue weighted by Gasteiger charge is 2.58. The summed E-state index contributed by atoms with van der Waals surface area (Å²) in [6, 6.07) is -0.139. The number of carbonyl (C=O) groups is 4. The van der Waals surface area contributed by atoms with E-state index in [0.717, 1.165) is 12.0 Å². The highest BCUT2D eigenvalue weighted by Crippen LogP contribution is 2.43. The minimum Gasteiger partial charge on any atom is -0.459 e. The third-order valence-electron chi connectivity index (χ3n) is 9.22. The van der Waals surface area contributed by atoms with Gasteiger partial charge in [-0.15, -0.1) is 0 Å². The highest BCUT2D eigenvalue weighted by atomic mass is 32.2. The zero-order valence-corrected chi connectivity index (χ0v) is 30.5. The van der Waals surface area contributed by atoms with Crippen LogP contribution in [0.25, 0.3) is 0 Å². The molecule has 3 amide bonds. The Morgan fingerprint density at radius 1 is 1.08 bits per heavy atom. The van der Waals surface area contributed by atoms with Crippen molar-refractivity contribution >= 4 is 35.5 Å². The summed E-state index contributed by atoms with van der Waals surface area (Å²) in [6.45, 7) is 10.4. The average Bonchev–Trinajstić information content (AvgIpc) is 3.80. The van der Waals surface area contributed by atoms with E-state index in [0.29, 0.717) is 38.3 Å². The first-order chi connectivity index (χ1) is 22.6. The maximum Gasteiger partial charge on any atom is 0.303 e. The van der Waals surface area contributed by atoms with Gasteiger partial charge in [-0.05, 0) is 51.9 Å². The molecular formula is C35H55N3O9S. The van der Waals surface area contributed by atoms with Gasteiger partial charge in [-0.2, -0.15) is 11.8 Å². The lowest BCUT2D eigenvalue weighted by Crippen LogP contribution is -2.51. The summed E-state index contributed by atoms with van der Waals surface area (Å²) in [6.07, 6.45) is 10.2. The van der Waals surface area contributed by atoms with Crippen LogP contribution in [0.4, 0.5) is 0 Å². The molecule has 48 heavy (non-hydrogen) atoms. The summed E-state index contributed by atoms with van der Waals surface area (Å²) < 4.78 is 23.2. The Balaban J connectivity index is 1.50. The van der Waals surface area contributed by atoms with Gasteiger partial charge in [-0.3, -0.25) is 19.2 Å². The maximum absolute atomic E-state index is 13.0. The summed E-state index contributed by atoms with van der Waals surface area (Å²) >= 11 is 1.47. The molecule has 0 radical (unpaired) electrons. The second kappa shape index (κ2) is 18.3. The number of esters is 1. The number of carbonyl (C=O) groups excluding carboxylic acids is 4. The maximum atomic E-state index is 13.0. The molecule has 3 rings (SSSR count). The third-order valence-corrected chi connectivity index (χ3v) is 9.75. The Labute approximate surface area is 289 Å². The number of likely N-dealkylation sites (N-methyl/N-ethyl adjacent to an activating group) is 2. The highest BCUT2D eigenvalue weighted by molar-refractivity contribution is 7.99. The first-order valence-electron chi connectivity index (χ1n) is 16.7. The lowest BCUT2D eigenvalue weighted by molar-refractivity contribution is -0.150. The molecule has 0 unspecified atom stereocenters. The molecule has 3 heterocycles. The van der Waals surface area contributed by atoms with Crippen LogP contribution in [0.5, 0.6) is 0 Å². The van der Waals surface area contributed by atoms with Gasteiger partial charge in [0.1, 0.15) is 23.9 Å². The van der Waals surface area contributed by atoms with E-state index in [1.54, 1.807) is 36.9 Å². The number of rotatable bonds is 15. The number of allylic oxidation sites excluding steroid dienone is 2. The quantitative estimate of drug-likeness (QED) is 0.114. The Bertz CT molecular complexity index is 1220. The van der Waals surface area contributed by atoms with Gasteiger partial charge < -0.3 is 39.2 Å². The van der Waals surface area contributed by atoms with Gasteiger partial charge >= 0.3 is 5.97 Å². The molecule has 0 aromatic carbocycles. The van der Waals surface area contributed by atoms with E-state index in [1.807, 2.05) is 32.3 Å². The first kappa shape index (κ1) is 39.7. The third kappa shape index (κ3) is 12.0. The molecule has 3 fully saturated rings. The van der Waals surface area contributed by atoms with Gasteiger partial charge in [-0.25, -0.2) is 0 Å². The number of nitrogens with one attached hydrogen (secondary N) is 1. The van der Waals surface area contributed by atoms with E-state index in [1.165, 1.54) is 24.8 Å². The van der Waals surface area contributed by atoms with Crippen LogP contribution in [0.15, 0.2) is 36.0 Å². The second-order valence-corrected chi connectivity index (χ2v) is 14.3. The molecule has 2 N–H and O–H groups in total. The molecule has 0 aromatic heterocycles. The molecule has 0 aliphatic carbocycles. The van der Waals surface area contributed by atoms with E-state index < -0.39 is 36.0 Å². The van der Waals surface area contributed by atoms with Crippen LogP contribution in [-0.2, 0) is 38.1 Å². The number of aliphatic hydroxyl groups excluding tert-OH is 1. The fraction of sp³-hybridized carbons (Fsp3) is 0.714. The molecule has 0 aromatic rings. The van der Waals surface area contributed by atoms with Crippen molar-refractivity contribution in [3.63, 3.8) is 0 Å². The van der Waals surface area contributed by atoms with Gasteiger partial charge in [0.2, 0.25) is 17.7 Å². The SMILES string of the molecule is CSCC(=O)N(C)CCN(C)C(=O)C[C@@H]1C[C@@]2(CO2)[C@H](O)[C@@H](/C=C/C(C)=C/C[C@@H]2O[C@H](C)[C@H](NC(=O)/C=C\[C@H](C)OC(C)=O)C[C@@H]2C)O1. The smallest absolute Gasteiger partial charge is 0.303 e. The normalized spacial score (nSPS) is 31.1. The standard InChI is InChI=1S/C35H55N3O9S/c1-22(9-12-29-23(2)17-28(25(4)46-29)36-31(40)14-11-24(3)45-26(5)39)10-13-30-34(43)35(21-44-35)19-27(47-30)18-32(41)37(6)15-16-38(7)33(42)20-48-8/h9-11,13-14,23-25,27-30,34,43H,12,15-21H2,1-8H3,(H,36,40)/b13-10+,14-11-,22-9+/t23-,24-,25+,27+,28+,29-,30+,34+,35+/m0/s1. The van der Waals surface area contributed by atoms with Crippen LogP contribution in [0.2, 0.25) is 0 Å². The van der Waals surface area contributed by atoms with Crippen molar-refractivity contribution in [1.29, 1.82) is 0 Å². The minimum atomic E-state index is -0.837. The molecule has 0 bridgehead atoms. The Hall–Kier alpha value is -2.71. The van der Waals surface area contributed by atoms with Crippen LogP contribution in [0.1, 0.15) is 60.3 Å². The summed E-state index contributed by atoms with van der Waals surface area (Å²) in [5.41, 5.74) is 0.295. The first-order valence-corrected chi connectivity index (χ1v) is 18.1. The van der Waals surface area contributed by atoms with Gasteiger partial charge in [0.05, 0.1) is 43.1 Å². The van der Waals surface area contributed by atoms with Crippen molar-refractivity contribution in [3.05, 3.63) is 36.0 Å². The van der Waals surface area contributed by atoms with Gasteiger partial charge in [0.25, 0.3) is 0 Å². The zero-order valence-electron chi connectivity index (χ0n) is 29.7. The van der Waals surface area contributed by atoms with Gasteiger partial charge in [0.15, 0.2) is 0 Å². The van der Waals surface area contributed by atoms with Crippen LogP contribution in [0, 0.1) is 5.92 Å². The number of amides is 3. The average molecular weight is 694 g/mol. The fourth-order valence-electron chi connectivity index (χ4n) is 6.02. The Morgan fingerprint density at radius 2 is 1.75 bits per heavy atom. The van der Waals surface area contributed by atoms with E-state index in [2.05, 4.69) is 18.3 Å². The summed E-state index contributed by atoms with van der Waals surface area (Å²) in [4.78, 5) is 51.8. The summed E-state index contributed by atoms with van der Waals surface area (Å²) in [5.74, 6) is -0.101. The molecule has 0 saturated carbocycles. The van der Waals surface area contributed by atoms with E-state index in [-0.39, 0.29) is 48.3 Å². The predicted octanol–water partition coefficient (Wildman–Crippen LogP) is 2.64. The lowest BCUT2D eigenvalue weighted by atomic mass is 9.87. The van der Waals surface area contributed by atoms with Gasteiger partial charge in [-0.1, -0.05) is 30.7 Å². The van der Waals surface area contributed by atoms with Crippen LogP contribution < -0.4 is 5.32 Å². The number of nitrogens with zero attached hydrogens (tertiary/aromatic N) is 2. The van der Waals surface area contributed by atoms with Crippen molar-refractivity contribution in [2.75, 3.05) is 45.8 Å². The van der Waals surface area contributed by atoms with Crippen molar-refractivity contribution in [1.82, 2.24) is 15.1 Å². The Morgan fingerprint density at radius 3 is 2.38 bits per heavy atom. The van der Waals surface area contributed by atoms with Crippen molar-refractivity contribution in [2.45, 2.75) is 109 Å². The monoisotopic (exact) mass is 693 g/mol. The Kier molecular flexibility index (Phi) is 15.2. The summed E-state index contributed by atoms with van der Waals surface area (Å²) in [5, 5.41) is 14.0. The lowest BCUT2D eigenvalue weighted by Gasteiger charge is -2.39. The van der Waals surface area contributed by atoms with Crippen LogP contribution in [-0.4, -0.2) is 133 Å². The predicted molar refractivity (Wildman–Crippen MR) is 184 cm³/mol. The minimum absolute atomic E-state index is 0.0217. The molecule has 12 nitrogen and oxygen atoms in total. The number of ether oxygens (including phenoxy) is 4. The van der Waals surface area contributed by atoms with Crippen LogP contribution in [0.3, 0.4) is 0 Å². The topological polar surface area (TPSA) is 147 Å². The van der Waals surface area contributed by atoms with Crippen LogP contribution >= 0.6 is 11.8 Å². The molecule has 3 aliphatic heterocycles. The molecule has 1 spiro atoms. The molecule has 9 atom stereocenters. The molecule has 3 saturated heterocycles. The van der Waals surface area contributed by atoms with Gasteiger partial charge in [0, 0.05) is 46.6 Å². The van der Waals surface area contributed by atoms with E-state index in [9.17, 15) is 24.3 Å². The number of thioether (sulfide) groups is 1. The molecule has 3 aliphatic rings. The molecular weight excluding hydrogens is 638 g/mol. The summed E-state index contributed by atoms with van der Waals surface area (Å²) in [7, 11) is 3.47. The van der Waals surface area contributed by atoms with E-state index >= 15 is 0 Å². The largest absolute Gasteiger partial charge is 0.459 e.